The molecule has 0 unspecified atom stereocenters. The molecule has 2 aliphatic rings. The Hall–Kier alpha value is -1.88. The summed E-state index contributed by atoms with van der Waals surface area (Å²) in [7, 11) is -3.07. The monoisotopic (exact) mass is 410 g/mol. The number of urea groups is 1. The molecule has 150 valence electrons. The van der Waals surface area contributed by atoms with E-state index in [1.54, 1.807) is 0 Å². The maximum Gasteiger partial charge on any atom is 0.416 e. The zero-order valence-electron chi connectivity index (χ0n) is 14.2. The van der Waals surface area contributed by atoms with Crippen LogP contribution in [0, 0.1) is 5.82 Å². The summed E-state index contributed by atoms with van der Waals surface area (Å²) in [6, 6.07) is 1.99. The first-order valence-corrected chi connectivity index (χ1v) is 10.1. The Morgan fingerprint density at radius 2 is 1.78 bits per heavy atom. The van der Waals surface area contributed by atoms with Gasteiger partial charge in [0.2, 0.25) is 0 Å². The van der Waals surface area contributed by atoms with Gasteiger partial charge in [0.15, 0.2) is 9.84 Å². The van der Waals surface area contributed by atoms with E-state index in [0.717, 1.165) is 12.1 Å². The van der Waals surface area contributed by atoms with E-state index in [2.05, 4.69) is 0 Å². The minimum atomic E-state index is -4.61. The van der Waals surface area contributed by atoms with Crippen molar-refractivity contribution < 1.29 is 35.5 Å². The molecular formula is C16H18F4N2O4S. The Kier molecular flexibility index (Phi) is 5.35. The van der Waals surface area contributed by atoms with E-state index >= 15 is 0 Å². The van der Waals surface area contributed by atoms with E-state index in [-0.39, 0.29) is 62.0 Å². The number of sulfone groups is 1. The van der Waals surface area contributed by atoms with Gasteiger partial charge in [-0.2, -0.15) is 13.2 Å². The first-order valence-electron chi connectivity index (χ1n) is 8.27. The standard InChI is InChI=1S/C16H18F4N2O4S/c17-14-7-12(16(18,19)20)2-1-11(14)10-26-13-8-22(9-13)15(23)21-3-5-27(24,25)6-4-21/h1-2,7,13H,3-6,8-10H2. The number of alkyl halides is 3. The van der Waals surface area contributed by atoms with Crippen molar-refractivity contribution in [2.75, 3.05) is 37.7 Å². The lowest BCUT2D eigenvalue weighted by Crippen LogP contribution is -2.60. The number of halogens is 4. The second kappa shape index (κ2) is 7.27. The maximum absolute atomic E-state index is 13.8. The van der Waals surface area contributed by atoms with Crippen LogP contribution in [-0.2, 0) is 27.4 Å². The fourth-order valence-electron chi connectivity index (χ4n) is 2.85. The van der Waals surface area contributed by atoms with Crippen molar-refractivity contribution in [2.24, 2.45) is 0 Å². The molecule has 0 saturated carbocycles. The van der Waals surface area contributed by atoms with Crippen molar-refractivity contribution in [3.05, 3.63) is 35.1 Å². The van der Waals surface area contributed by atoms with E-state index < -0.39 is 27.4 Å². The largest absolute Gasteiger partial charge is 0.416 e. The second-order valence-electron chi connectivity index (χ2n) is 6.56. The van der Waals surface area contributed by atoms with Crippen LogP contribution < -0.4 is 0 Å². The number of hydrogen-bond donors (Lipinski definition) is 0. The number of likely N-dealkylation sites (tertiary alicyclic amines) is 1. The number of amides is 2. The van der Waals surface area contributed by atoms with Gasteiger partial charge in [0.25, 0.3) is 0 Å². The van der Waals surface area contributed by atoms with Gasteiger partial charge in [-0.1, -0.05) is 6.07 Å². The van der Waals surface area contributed by atoms with Gasteiger partial charge in [-0.3, -0.25) is 0 Å². The number of hydrogen-bond acceptors (Lipinski definition) is 4. The van der Waals surface area contributed by atoms with Crippen molar-refractivity contribution in [1.82, 2.24) is 9.80 Å². The van der Waals surface area contributed by atoms with Crippen LogP contribution in [0.5, 0.6) is 0 Å². The highest BCUT2D eigenvalue weighted by Gasteiger charge is 2.36. The summed E-state index contributed by atoms with van der Waals surface area (Å²) < 4.78 is 79.5. The van der Waals surface area contributed by atoms with Crippen molar-refractivity contribution in [1.29, 1.82) is 0 Å². The fraction of sp³-hybridized carbons (Fsp3) is 0.562. The van der Waals surface area contributed by atoms with Crippen LogP contribution in [0.4, 0.5) is 22.4 Å². The van der Waals surface area contributed by atoms with Gasteiger partial charge >= 0.3 is 12.2 Å². The molecule has 0 spiro atoms. The molecule has 1 aromatic carbocycles. The number of carbonyl (C=O) groups excluding carboxylic acids is 1. The van der Waals surface area contributed by atoms with E-state index in [9.17, 15) is 30.8 Å². The molecule has 2 fully saturated rings. The van der Waals surface area contributed by atoms with Crippen molar-refractivity contribution >= 4 is 15.9 Å². The highest BCUT2D eigenvalue weighted by molar-refractivity contribution is 7.91. The van der Waals surface area contributed by atoms with E-state index in [0.29, 0.717) is 6.07 Å². The summed E-state index contributed by atoms with van der Waals surface area (Å²) in [5.41, 5.74) is -1.05. The van der Waals surface area contributed by atoms with Crippen LogP contribution in [0.2, 0.25) is 0 Å². The number of benzene rings is 1. The molecule has 1 aromatic rings. The van der Waals surface area contributed by atoms with Gasteiger partial charge in [-0.05, 0) is 12.1 Å². The molecule has 6 nitrogen and oxygen atoms in total. The van der Waals surface area contributed by atoms with Gasteiger partial charge in [0.05, 0.1) is 42.9 Å². The normalized spacial score (nSPS) is 20.4. The number of rotatable bonds is 3. The van der Waals surface area contributed by atoms with Gasteiger partial charge in [-0.25, -0.2) is 17.6 Å². The Morgan fingerprint density at radius 1 is 1.15 bits per heavy atom. The van der Waals surface area contributed by atoms with Crippen LogP contribution in [0.1, 0.15) is 11.1 Å². The predicted octanol–water partition coefficient (Wildman–Crippen LogP) is 1.90. The Balaban J connectivity index is 1.45. The molecule has 0 N–H and O–H groups in total. The minimum absolute atomic E-state index is 0.00835. The topological polar surface area (TPSA) is 66.9 Å². The average Bonchev–Trinajstić information content (AvgIpc) is 2.53. The number of nitrogens with zero attached hydrogens (tertiary/aromatic N) is 2. The Bertz CT molecular complexity index is 808. The smallest absolute Gasteiger partial charge is 0.370 e. The average molecular weight is 410 g/mol. The molecule has 0 aromatic heterocycles. The predicted molar refractivity (Wildman–Crippen MR) is 87.2 cm³/mol. The summed E-state index contributed by atoms with van der Waals surface area (Å²) in [5, 5.41) is 0. The molecule has 2 heterocycles. The molecule has 2 saturated heterocycles. The van der Waals surface area contributed by atoms with Gasteiger partial charge in [0.1, 0.15) is 5.82 Å². The molecule has 11 heteroatoms. The molecule has 0 atom stereocenters. The highest BCUT2D eigenvalue weighted by atomic mass is 32.2. The molecule has 0 bridgehead atoms. The van der Waals surface area contributed by atoms with Crippen molar-refractivity contribution in [2.45, 2.75) is 18.9 Å². The quantitative estimate of drug-likeness (QED) is 0.714. The first kappa shape index (κ1) is 19.9. The SMILES string of the molecule is O=C(N1CCS(=O)(=O)CC1)N1CC(OCc2ccc(C(F)(F)F)cc2F)C1. The van der Waals surface area contributed by atoms with Crippen LogP contribution in [0.15, 0.2) is 18.2 Å². The highest BCUT2D eigenvalue weighted by Crippen LogP contribution is 2.30. The lowest BCUT2D eigenvalue weighted by molar-refractivity contribution is -0.137. The third-order valence-corrected chi connectivity index (χ3v) is 6.20. The van der Waals surface area contributed by atoms with Crippen molar-refractivity contribution in [3.8, 4) is 0 Å². The van der Waals surface area contributed by atoms with Crippen LogP contribution >= 0.6 is 0 Å². The molecule has 0 aliphatic carbocycles. The number of carbonyl (C=O) groups is 1. The maximum atomic E-state index is 13.8. The van der Waals surface area contributed by atoms with E-state index in [1.807, 2.05) is 0 Å². The Labute approximate surface area is 153 Å². The van der Waals surface area contributed by atoms with Crippen LogP contribution in [-0.4, -0.2) is 68.0 Å². The molecule has 27 heavy (non-hydrogen) atoms. The van der Waals surface area contributed by atoms with Gasteiger partial charge < -0.3 is 14.5 Å². The lowest BCUT2D eigenvalue weighted by Gasteiger charge is -2.42. The molecular weight excluding hydrogens is 392 g/mol. The summed E-state index contributed by atoms with van der Waals surface area (Å²) in [4.78, 5) is 15.2. The van der Waals surface area contributed by atoms with Gasteiger partial charge in [0, 0.05) is 18.7 Å². The van der Waals surface area contributed by atoms with Crippen LogP contribution in [0.3, 0.4) is 0 Å². The third-order valence-electron chi connectivity index (χ3n) is 4.59. The number of ether oxygens (including phenoxy) is 1. The summed E-state index contributed by atoms with van der Waals surface area (Å²) >= 11 is 0. The van der Waals surface area contributed by atoms with Crippen molar-refractivity contribution in [3.63, 3.8) is 0 Å². The summed E-state index contributed by atoms with van der Waals surface area (Å²) in [6.07, 6.45) is -4.95. The molecule has 2 aliphatic heterocycles. The Morgan fingerprint density at radius 3 is 2.33 bits per heavy atom. The fourth-order valence-corrected chi connectivity index (χ4v) is 4.05. The van der Waals surface area contributed by atoms with Gasteiger partial charge in [-0.15, -0.1) is 0 Å². The zero-order chi connectivity index (χ0) is 19.8. The summed E-state index contributed by atoms with van der Waals surface area (Å²) in [5.74, 6) is -1.11. The molecule has 2 amide bonds. The van der Waals surface area contributed by atoms with E-state index in [1.165, 1.54) is 9.80 Å². The van der Waals surface area contributed by atoms with E-state index in [4.69, 9.17) is 4.74 Å². The zero-order valence-corrected chi connectivity index (χ0v) is 15.0. The summed E-state index contributed by atoms with van der Waals surface area (Å²) in [6.45, 7) is 0.646. The lowest BCUT2D eigenvalue weighted by atomic mass is 10.1. The van der Waals surface area contributed by atoms with Crippen LogP contribution in [0.25, 0.3) is 0 Å². The first-order chi connectivity index (χ1) is 12.5. The molecule has 0 radical (unpaired) electrons. The third kappa shape index (κ3) is 4.70. The second-order valence-corrected chi connectivity index (χ2v) is 8.87. The molecule has 3 rings (SSSR count). The minimum Gasteiger partial charge on any atom is -0.370 e.